The molecule has 1 aromatic carbocycles. The van der Waals surface area contributed by atoms with Gasteiger partial charge in [-0.05, 0) is 39.8 Å². The van der Waals surface area contributed by atoms with Gasteiger partial charge in [0.2, 0.25) is 0 Å². The Morgan fingerprint density at radius 1 is 1.23 bits per heavy atom. The second kappa shape index (κ2) is 8.25. The molecule has 2 N–H and O–H groups in total. The largest absolute Gasteiger partial charge is 0.444 e. The van der Waals surface area contributed by atoms with E-state index < -0.39 is 11.7 Å². The van der Waals surface area contributed by atoms with Gasteiger partial charge in [-0.15, -0.1) is 0 Å². The third-order valence-electron chi connectivity index (χ3n) is 2.65. The molecule has 22 heavy (non-hydrogen) atoms. The zero-order valence-corrected chi connectivity index (χ0v) is 15.4. The van der Waals surface area contributed by atoms with Crippen molar-refractivity contribution in [3.63, 3.8) is 0 Å². The van der Waals surface area contributed by atoms with Crippen LogP contribution in [-0.2, 0) is 11.3 Å². The van der Waals surface area contributed by atoms with Crippen LogP contribution in [0.4, 0.5) is 4.79 Å². The molecule has 0 bridgehead atoms. The minimum Gasteiger partial charge on any atom is -0.444 e. The molecule has 1 unspecified atom stereocenters. The summed E-state index contributed by atoms with van der Waals surface area (Å²) in [6, 6.07) is 3.25. The average Bonchev–Trinajstić information content (AvgIpc) is 2.35. The Bertz CT molecular complexity index is 530. The van der Waals surface area contributed by atoms with Crippen molar-refractivity contribution in [2.24, 2.45) is 0 Å². The second-order valence-corrected chi connectivity index (χ2v) is 7.19. The third kappa shape index (κ3) is 6.61. The quantitative estimate of drug-likeness (QED) is 0.745. The molecule has 0 aromatic heterocycles. The summed E-state index contributed by atoms with van der Waals surface area (Å²) >= 11 is 18.2. The van der Waals surface area contributed by atoms with Gasteiger partial charge < -0.3 is 15.4 Å². The van der Waals surface area contributed by atoms with Crippen molar-refractivity contribution in [2.75, 3.05) is 6.54 Å². The molecular formula is C15H21Cl3N2O2. The van der Waals surface area contributed by atoms with Crippen LogP contribution in [0, 0.1) is 0 Å². The van der Waals surface area contributed by atoms with E-state index in [0.717, 1.165) is 5.56 Å². The van der Waals surface area contributed by atoms with Crippen molar-refractivity contribution in [1.29, 1.82) is 0 Å². The fourth-order valence-corrected chi connectivity index (χ4v) is 2.39. The molecule has 4 nitrogen and oxygen atoms in total. The van der Waals surface area contributed by atoms with Crippen LogP contribution in [0.5, 0.6) is 0 Å². The number of rotatable bonds is 5. The lowest BCUT2D eigenvalue weighted by atomic mass is 10.2. The van der Waals surface area contributed by atoms with E-state index >= 15 is 0 Å². The number of carbonyl (C=O) groups is 1. The number of hydrogen-bond acceptors (Lipinski definition) is 3. The smallest absolute Gasteiger partial charge is 0.407 e. The Balaban J connectivity index is 2.45. The molecule has 1 rings (SSSR count). The third-order valence-corrected chi connectivity index (χ3v) is 3.85. The predicted molar refractivity (Wildman–Crippen MR) is 92.0 cm³/mol. The lowest BCUT2D eigenvalue weighted by molar-refractivity contribution is 0.0508. The molecule has 1 atom stereocenters. The van der Waals surface area contributed by atoms with Crippen LogP contribution >= 0.6 is 34.8 Å². The van der Waals surface area contributed by atoms with E-state index in [1.54, 1.807) is 12.1 Å². The number of amides is 1. The lowest BCUT2D eigenvalue weighted by Gasteiger charge is -2.22. The van der Waals surface area contributed by atoms with Crippen LogP contribution in [0.2, 0.25) is 15.1 Å². The number of ether oxygens (including phenoxy) is 1. The van der Waals surface area contributed by atoms with Crippen molar-refractivity contribution in [2.45, 2.75) is 45.9 Å². The number of halogens is 3. The van der Waals surface area contributed by atoms with Crippen LogP contribution < -0.4 is 10.6 Å². The summed E-state index contributed by atoms with van der Waals surface area (Å²) in [5.74, 6) is 0. The summed E-state index contributed by atoms with van der Waals surface area (Å²) in [6.07, 6.45) is -0.444. The first-order chi connectivity index (χ1) is 10.1. The molecule has 0 spiro atoms. The predicted octanol–water partition coefficient (Wildman–Crippen LogP) is 4.65. The van der Waals surface area contributed by atoms with Gasteiger partial charge in [0.25, 0.3) is 0 Å². The van der Waals surface area contributed by atoms with E-state index in [4.69, 9.17) is 39.5 Å². The highest BCUT2D eigenvalue weighted by atomic mass is 35.5. The maximum Gasteiger partial charge on any atom is 0.407 e. The fourth-order valence-electron chi connectivity index (χ4n) is 1.70. The maximum atomic E-state index is 11.6. The molecule has 0 fully saturated rings. The van der Waals surface area contributed by atoms with Gasteiger partial charge in [0.1, 0.15) is 5.60 Å². The molecule has 124 valence electrons. The summed E-state index contributed by atoms with van der Waals surface area (Å²) < 4.78 is 5.19. The molecule has 0 saturated heterocycles. The second-order valence-electron chi connectivity index (χ2n) is 6.00. The van der Waals surface area contributed by atoms with Crippen molar-refractivity contribution in [1.82, 2.24) is 10.6 Å². The first kappa shape index (κ1) is 19.4. The van der Waals surface area contributed by atoms with E-state index in [0.29, 0.717) is 28.2 Å². The highest BCUT2D eigenvalue weighted by Gasteiger charge is 2.17. The van der Waals surface area contributed by atoms with Gasteiger partial charge in [-0.25, -0.2) is 4.79 Å². The lowest BCUT2D eigenvalue weighted by Crippen LogP contribution is -2.42. The first-order valence-corrected chi connectivity index (χ1v) is 8.06. The molecule has 7 heteroatoms. The van der Waals surface area contributed by atoms with Gasteiger partial charge in [0.15, 0.2) is 0 Å². The molecule has 0 aliphatic rings. The topological polar surface area (TPSA) is 50.4 Å². The van der Waals surface area contributed by atoms with Crippen LogP contribution in [0.15, 0.2) is 12.1 Å². The highest BCUT2D eigenvalue weighted by Crippen LogP contribution is 2.31. The number of hydrogen-bond donors (Lipinski definition) is 2. The molecule has 0 heterocycles. The van der Waals surface area contributed by atoms with E-state index in [9.17, 15) is 4.79 Å². The summed E-state index contributed by atoms with van der Waals surface area (Å²) in [6.45, 7) is 8.32. The van der Waals surface area contributed by atoms with Gasteiger partial charge in [0.05, 0.1) is 10.0 Å². The summed E-state index contributed by atoms with van der Waals surface area (Å²) in [5.41, 5.74) is 0.222. The fraction of sp³-hybridized carbons (Fsp3) is 0.533. The van der Waals surface area contributed by atoms with Crippen LogP contribution in [0.3, 0.4) is 0 Å². The van der Waals surface area contributed by atoms with Gasteiger partial charge in [-0.3, -0.25) is 0 Å². The Kier molecular flexibility index (Phi) is 7.26. The van der Waals surface area contributed by atoms with Crippen LogP contribution in [-0.4, -0.2) is 24.3 Å². The van der Waals surface area contributed by atoms with Gasteiger partial charge in [-0.1, -0.05) is 34.8 Å². The van der Waals surface area contributed by atoms with Crippen molar-refractivity contribution in [3.05, 3.63) is 32.8 Å². The summed E-state index contributed by atoms with van der Waals surface area (Å²) in [5, 5.41) is 7.38. The van der Waals surface area contributed by atoms with Crippen molar-refractivity contribution < 1.29 is 9.53 Å². The van der Waals surface area contributed by atoms with E-state index in [2.05, 4.69) is 10.6 Å². The zero-order valence-electron chi connectivity index (χ0n) is 13.1. The number of benzene rings is 1. The molecule has 1 amide bonds. The van der Waals surface area contributed by atoms with Crippen LogP contribution in [0.25, 0.3) is 0 Å². The van der Waals surface area contributed by atoms with Crippen LogP contribution in [0.1, 0.15) is 33.3 Å². The number of nitrogens with one attached hydrogen (secondary N) is 2. The standard InChI is InChI=1S/C15H21Cl3N2O2/c1-9(20-14(21)22-15(2,3)4)7-19-8-10-11(16)5-6-12(17)13(10)18/h5-6,9,19H,7-8H2,1-4H3,(H,20,21). The number of alkyl carbamates (subject to hydrolysis) is 1. The Labute approximate surface area is 146 Å². The molecule has 1 aromatic rings. The van der Waals surface area contributed by atoms with E-state index in [1.165, 1.54) is 0 Å². The summed E-state index contributed by atoms with van der Waals surface area (Å²) in [7, 11) is 0. The monoisotopic (exact) mass is 366 g/mol. The summed E-state index contributed by atoms with van der Waals surface area (Å²) in [4.78, 5) is 11.6. The average molecular weight is 368 g/mol. The minimum atomic E-state index is -0.515. The van der Waals surface area contributed by atoms with Gasteiger partial charge >= 0.3 is 6.09 Å². The SMILES string of the molecule is CC(CNCc1c(Cl)ccc(Cl)c1Cl)NC(=O)OC(C)(C)C. The van der Waals surface area contributed by atoms with Gasteiger partial charge in [0, 0.05) is 29.7 Å². The first-order valence-electron chi connectivity index (χ1n) is 6.92. The Hall–Kier alpha value is -0.680. The van der Waals surface area contributed by atoms with E-state index in [-0.39, 0.29) is 6.04 Å². The zero-order chi connectivity index (χ0) is 16.9. The molecular weight excluding hydrogens is 347 g/mol. The Morgan fingerprint density at radius 3 is 2.41 bits per heavy atom. The van der Waals surface area contributed by atoms with Crippen molar-refractivity contribution in [3.8, 4) is 0 Å². The maximum absolute atomic E-state index is 11.6. The Morgan fingerprint density at radius 2 is 1.82 bits per heavy atom. The molecule has 0 aliphatic heterocycles. The number of carbonyl (C=O) groups excluding carboxylic acids is 1. The molecule has 0 aliphatic carbocycles. The molecule has 0 radical (unpaired) electrons. The minimum absolute atomic E-state index is 0.105. The highest BCUT2D eigenvalue weighted by molar-refractivity contribution is 6.44. The van der Waals surface area contributed by atoms with E-state index in [1.807, 2.05) is 27.7 Å². The molecule has 0 saturated carbocycles. The van der Waals surface area contributed by atoms with Gasteiger partial charge in [-0.2, -0.15) is 0 Å². The van der Waals surface area contributed by atoms with Crippen molar-refractivity contribution >= 4 is 40.9 Å². The normalized spacial score (nSPS) is 12.9.